The lowest BCUT2D eigenvalue weighted by Gasteiger charge is -2.31. The van der Waals surface area contributed by atoms with Crippen LogP contribution in [-0.2, 0) is 14.3 Å². The second kappa shape index (κ2) is 6.34. The number of carbonyl (C=O) groups is 2. The minimum atomic E-state index is -0.884. The van der Waals surface area contributed by atoms with Crippen LogP contribution in [0.1, 0.15) is 26.2 Å². The Hall–Kier alpha value is -1.24. The van der Waals surface area contributed by atoms with Crippen LogP contribution >= 0.6 is 23.4 Å². The Kier molecular flexibility index (Phi) is 4.58. The lowest BCUT2D eigenvalue weighted by atomic mass is 10.1. The van der Waals surface area contributed by atoms with Gasteiger partial charge in [0.25, 0.3) is 5.91 Å². The van der Waals surface area contributed by atoms with E-state index in [1.807, 2.05) is 13.0 Å². The molecular formula is C16H19ClN2O3S. The maximum atomic E-state index is 12.9. The molecule has 2 amide bonds. The zero-order chi connectivity index (χ0) is 16.6. The van der Waals surface area contributed by atoms with E-state index in [4.69, 9.17) is 16.3 Å². The largest absolute Gasteiger partial charge is 0.385 e. The number of rotatable bonds is 5. The van der Waals surface area contributed by atoms with Gasteiger partial charge in [-0.15, -0.1) is 0 Å². The van der Waals surface area contributed by atoms with Crippen molar-refractivity contribution < 1.29 is 14.3 Å². The Balaban J connectivity index is 1.86. The highest BCUT2D eigenvalue weighted by Crippen LogP contribution is 2.56. The minimum absolute atomic E-state index is 0.0118. The van der Waals surface area contributed by atoms with E-state index < -0.39 is 4.87 Å². The smallest absolute Gasteiger partial charge is 0.257 e. The van der Waals surface area contributed by atoms with Gasteiger partial charge in [0.2, 0.25) is 5.91 Å². The number of thioether (sulfide) groups is 1. The van der Waals surface area contributed by atoms with Crippen LogP contribution in [0.2, 0.25) is 5.02 Å². The molecule has 3 rings (SSSR count). The maximum absolute atomic E-state index is 12.9. The van der Waals surface area contributed by atoms with Gasteiger partial charge in [-0.1, -0.05) is 23.4 Å². The van der Waals surface area contributed by atoms with Crippen LogP contribution in [0, 0.1) is 0 Å². The Bertz CT molecular complexity index is 654. The molecule has 0 bridgehead atoms. The first kappa shape index (κ1) is 16.6. The topological polar surface area (TPSA) is 58.6 Å². The Morgan fingerprint density at radius 2 is 2.35 bits per heavy atom. The molecule has 5 nitrogen and oxygen atoms in total. The second-order valence-electron chi connectivity index (χ2n) is 5.88. The molecule has 0 saturated carbocycles. The van der Waals surface area contributed by atoms with Crippen LogP contribution in [0.3, 0.4) is 0 Å². The van der Waals surface area contributed by atoms with Gasteiger partial charge < -0.3 is 10.1 Å². The third-order valence-corrected chi connectivity index (χ3v) is 5.93. The first-order chi connectivity index (χ1) is 11.0. The number of amides is 2. The van der Waals surface area contributed by atoms with Crippen molar-refractivity contribution in [2.75, 3.05) is 18.6 Å². The third kappa shape index (κ3) is 2.84. The standard InChI is InChI=1S/C16H19ClN2O3S/c1-10(6-8-22-2)18-15(21)16-7-5-14(20)19(16)12-9-11(17)3-4-13(12)23-16/h3-4,9-10H,5-8H2,1-2H3,(H,18,21)/t10-,16-/m1/s1. The van der Waals surface area contributed by atoms with Crippen LogP contribution in [0.4, 0.5) is 5.69 Å². The highest BCUT2D eigenvalue weighted by atomic mass is 35.5. The summed E-state index contributed by atoms with van der Waals surface area (Å²) in [6.45, 7) is 2.53. The van der Waals surface area contributed by atoms with E-state index in [-0.39, 0.29) is 17.9 Å². The minimum Gasteiger partial charge on any atom is -0.385 e. The molecule has 0 aromatic heterocycles. The average Bonchev–Trinajstić information content (AvgIpc) is 3.01. The quantitative estimate of drug-likeness (QED) is 0.883. The molecule has 0 spiro atoms. The van der Waals surface area contributed by atoms with Crippen LogP contribution in [0.25, 0.3) is 0 Å². The molecule has 1 saturated heterocycles. The van der Waals surface area contributed by atoms with Gasteiger partial charge in [-0.3, -0.25) is 14.5 Å². The number of carbonyl (C=O) groups excluding carboxylic acids is 2. The van der Waals surface area contributed by atoms with Crippen LogP contribution in [-0.4, -0.2) is 36.4 Å². The maximum Gasteiger partial charge on any atom is 0.257 e. The van der Waals surface area contributed by atoms with Gasteiger partial charge in [0.15, 0.2) is 4.87 Å². The van der Waals surface area contributed by atoms with Gasteiger partial charge in [-0.05, 0) is 38.0 Å². The first-order valence-corrected chi connectivity index (χ1v) is 8.79. The summed E-state index contributed by atoms with van der Waals surface area (Å²) in [6, 6.07) is 5.41. The number of benzene rings is 1. The van der Waals surface area contributed by atoms with Crippen molar-refractivity contribution in [3.63, 3.8) is 0 Å². The molecule has 1 N–H and O–H groups in total. The van der Waals surface area contributed by atoms with Crippen LogP contribution in [0.5, 0.6) is 0 Å². The average molecular weight is 355 g/mol. The number of hydrogen-bond donors (Lipinski definition) is 1. The Morgan fingerprint density at radius 1 is 1.57 bits per heavy atom. The van der Waals surface area contributed by atoms with E-state index in [1.165, 1.54) is 11.8 Å². The van der Waals surface area contributed by atoms with Crippen LogP contribution in [0.15, 0.2) is 23.1 Å². The van der Waals surface area contributed by atoms with Gasteiger partial charge in [-0.25, -0.2) is 0 Å². The van der Waals surface area contributed by atoms with Gasteiger partial charge >= 0.3 is 0 Å². The number of methoxy groups -OCH3 is 1. The summed E-state index contributed by atoms with van der Waals surface area (Å²) in [4.78, 5) is 26.9. The number of anilines is 1. The lowest BCUT2D eigenvalue weighted by molar-refractivity contribution is -0.125. The Morgan fingerprint density at radius 3 is 3.09 bits per heavy atom. The number of hydrogen-bond acceptors (Lipinski definition) is 4. The summed E-state index contributed by atoms with van der Waals surface area (Å²) in [5.41, 5.74) is 0.740. The molecule has 2 atom stereocenters. The molecule has 0 unspecified atom stereocenters. The highest BCUT2D eigenvalue weighted by Gasteiger charge is 2.57. The fraction of sp³-hybridized carbons (Fsp3) is 0.500. The predicted octanol–water partition coefficient (Wildman–Crippen LogP) is 2.81. The van der Waals surface area contributed by atoms with Crippen molar-refractivity contribution in [3.05, 3.63) is 23.2 Å². The van der Waals surface area contributed by atoms with E-state index in [0.29, 0.717) is 24.5 Å². The molecule has 23 heavy (non-hydrogen) atoms. The van der Waals surface area contributed by atoms with Crippen molar-refractivity contribution in [1.29, 1.82) is 0 Å². The predicted molar refractivity (Wildman–Crippen MR) is 90.9 cm³/mol. The van der Waals surface area contributed by atoms with E-state index in [0.717, 1.165) is 17.0 Å². The summed E-state index contributed by atoms with van der Waals surface area (Å²) in [7, 11) is 1.64. The molecule has 124 valence electrons. The van der Waals surface area contributed by atoms with Gasteiger partial charge in [0, 0.05) is 36.1 Å². The Labute approximate surface area is 144 Å². The van der Waals surface area contributed by atoms with Crippen molar-refractivity contribution in [2.45, 2.75) is 42.0 Å². The summed E-state index contributed by atoms with van der Waals surface area (Å²) >= 11 is 7.51. The number of nitrogens with zero attached hydrogens (tertiary/aromatic N) is 1. The van der Waals surface area contributed by atoms with Crippen molar-refractivity contribution >= 4 is 40.9 Å². The highest BCUT2D eigenvalue weighted by molar-refractivity contribution is 8.02. The van der Waals surface area contributed by atoms with E-state index in [1.54, 1.807) is 24.1 Å². The number of ether oxygens (including phenoxy) is 1. The van der Waals surface area contributed by atoms with Crippen molar-refractivity contribution in [3.8, 4) is 0 Å². The first-order valence-electron chi connectivity index (χ1n) is 7.59. The van der Waals surface area contributed by atoms with Gasteiger partial charge in [0.1, 0.15) is 0 Å². The molecule has 1 aromatic rings. The zero-order valence-corrected chi connectivity index (χ0v) is 14.7. The third-order valence-electron chi connectivity index (χ3n) is 4.22. The summed E-state index contributed by atoms with van der Waals surface area (Å²) in [5, 5.41) is 3.59. The summed E-state index contributed by atoms with van der Waals surface area (Å²) in [5.74, 6) is -0.150. The normalized spacial score (nSPS) is 23.6. The monoisotopic (exact) mass is 354 g/mol. The zero-order valence-electron chi connectivity index (χ0n) is 13.1. The SMILES string of the molecule is COCC[C@@H](C)NC(=O)[C@]12CCC(=O)N1c1cc(Cl)ccc1S2. The van der Waals surface area contributed by atoms with Gasteiger partial charge in [0.05, 0.1) is 5.69 Å². The number of halogens is 1. The van der Waals surface area contributed by atoms with Crippen molar-refractivity contribution in [1.82, 2.24) is 5.32 Å². The molecule has 7 heteroatoms. The molecule has 2 aliphatic heterocycles. The fourth-order valence-corrected chi connectivity index (χ4v) is 4.59. The number of fused-ring (bicyclic) bond motifs is 3. The molecule has 1 aromatic carbocycles. The van der Waals surface area contributed by atoms with E-state index in [2.05, 4.69) is 5.32 Å². The number of nitrogens with one attached hydrogen (secondary N) is 1. The van der Waals surface area contributed by atoms with Gasteiger partial charge in [-0.2, -0.15) is 0 Å². The molecule has 2 aliphatic rings. The molecule has 0 radical (unpaired) electrons. The van der Waals surface area contributed by atoms with E-state index >= 15 is 0 Å². The van der Waals surface area contributed by atoms with Crippen LogP contribution < -0.4 is 10.2 Å². The summed E-state index contributed by atoms with van der Waals surface area (Å²) in [6.07, 6.45) is 1.61. The van der Waals surface area contributed by atoms with Crippen molar-refractivity contribution in [2.24, 2.45) is 0 Å². The molecule has 2 heterocycles. The summed E-state index contributed by atoms with van der Waals surface area (Å²) < 4.78 is 5.05. The molecule has 0 aliphatic carbocycles. The second-order valence-corrected chi connectivity index (χ2v) is 7.64. The molecular weight excluding hydrogens is 336 g/mol. The lowest BCUT2D eigenvalue weighted by Crippen LogP contribution is -2.54. The van der Waals surface area contributed by atoms with E-state index in [9.17, 15) is 9.59 Å². The molecule has 1 fully saturated rings. The fourth-order valence-electron chi connectivity index (χ4n) is 3.03.